The molecular formula is C22H16N4O8. The van der Waals surface area contributed by atoms with Gasteiger partial charge in [0.1, 0.15) is 19.0 Å². The zero-order valence-corrected chi connectivity index (χ0v) is 17.4. The summed E-state index contributed by atoms with van der Waals surface area (Å²) in [6.07, 6.45) is 1.37. The SMILES string of the molecule is O=C(N/N=C\c1cccc(Oc2ccc([N+](=O)[O-])cc2[N+](=O)[O-])c1)c1ccc2c(c1)OCCO2. The van der Waals surface area contributed by atoms with Gasteiger partial charge in [0, 0.05) is 11.6 Å². The lowest BCUT2D eigenvalue weighted by atomic mass is 10.2. The molecule has 0 aliphatic carbocycles. The number of amides is 1. The summed E-state index contributed by atoms with van der Waals surface area (Å²) in [7, 11) is 0. The van der Waals surface area contributed by atoms with Crippen molar-refractivity contribution in [1.82, 2.24) is 5.43 Å². The second-order valence-electron chi connectivity index (χ2n) is 6.90. The lowest BCUT2D eigenvalue weighted by Crippen LogP contribution is -2.19. The second-order valence-corrected chi connectivity index (χ2v) is 6.90. The molecule has 1 aliphatic rings. The van der Waals surface area contributed by atoms with Gasteiger partial charge in [0.2, 0.25) is 5.75 Å². The maximum Gasteiger partial charge on any atom is 0.318 e. The molecule has 3 aromatic rings. The van der Waals surface area contributed by atoms with Gasteiger partial charge in [0.15, 0.2) is 11.5 Å². The minimum Gasteiger partial charge on any atom is -0.486 e. The van der Waals surface area contributed by atoms with E-state index in [0.717, 1.165) is 18.2 Å². The Balaban J connectivity index is 1.44. The van der Waals surface area contributed by atoms with Crippen LogP contribution in [0.2, 0.25) is 0 Å². The average molecular weight is 464 g/mol. The number of hydrogen-bond acceptors (Lipinski definition) is 9. The van der Waals surface area contributed by atoms with Gasteiger partial charge in [-0.05, 0) is 42.0 Å². The Hall–Kier alpha value is -5.00. The Labute approximate surface area is 191 Å². The fraction of sp³-hybridized carbons (Fsp3) is 0.0909. The van der Waals surface area contributed by atoms with Crippen LogP contribution in [-0.2, 0) is 0 Å². The van der Waals surface area contributed by atoms with Crippen molar-refractivity contribution in [2.24, 2.45) is 5.10 Å². The summed E-state index contributed by atoms with van der Waals surface area (Å²) in [6.45, 7) is 0.848. The number of ether oxygens (including phenoxy) is 3. The van der Waals surface area contributed by atoms with Crippen molar-refractivity contribution >= 4 is 23.5 Å². The van der Waals surface area contributed by atoms with Crippen LogP contribution in [0.25, 0.3) is 0 Å². The van der Waals surface area contributed by atoms with E-state index < -0.39 is 27.1 Å². The highest BCUT2D eigenvalue weighted by Gasteiger charge is 2.21. The van der Waals surface area contributed by atoms with E-state index in [1.54, 1.807) is 36.4 Å². The molecule has 1 amide bonds. The number of nitrogens with one attached hydrogen (secondary N) is 1. The minimum absolute atomic E-state index is 0.156. The van der Waals surface area contributed by atoms with Gasteiger partial charge in [-0.1, -0.05) is 12.1 Å². The smallest absolute Gasteiger partial charge is 0.318 e. The molecule has 0 unspecified atom stereocenters. The Bertz CT molecular complexity index is 1310. The van der Waals surface area contributed by atoms with Crippen LogP contribution in [0.15, 0.2) is 65.8 Å². The fourth-order valence-electron chi connectivity index (χ4n) is 3.05. The Morgan fingerprint density at radius 3 is 2.53 bits per heavy atom. The van der Waals surface area contributed by atoms with Crippen LogP contribution >= 0.6 is 0 Å². The second kappa shape index (κ2) is 9.65. The van der Waals surface area contributed by atoms with Crippen molar-refractivity contribution in [1.29, 1.82) is 0 Å². The normalized spacial score (nSPS) is 12.2. The molecule has 1 heterocycles. The van der Waals surface area contributed by atoms with Gasteiger partial charge in [-0.2, -0.15) is 5.10 Å². The van der Waals surface area contributed by atoms with Crippen molar-refractivity contribution in [2.45, 2.75) is 0 Å². The highest BCUT2D eigenvalue weighted by molar-refractivity contribution is 5.95. The molecule has 0 fully saturated rings. The number of rotatable bonds is 7. The van der Waals surface area contributed by atoms with Crippen LogP contribution in [-0.4, -0.2) is 35.2 Å². The van der Waals surface area contributed by atoms with Gasteiger partial charge in [-0.3, -0.25) is 25.0 Å². The number of nitrogens with zero attached hydrogens (tertiary/aromatic N) is 3. The molecule has 3 aromatic carbocycles. The molecule has 34 heavy (non-hydrogen) atoms. The van der Waals surface area contributed by atoms with E-state index >= 15 is 0 Å². The zero-order chi connectivity index (χ0) is 24.1. The monoisotopic (exact) mass is 464 g/mol. The van der Waals surface area contributed by atoms with Crippen molar-refractivity contribution in [3.8, 4) is 23.0 Å². The summed E-state index contributed by atoms with van der Waals surface area (Å²) >= 11 is 0. The third-order valence-electron chi connectivity index (χ3n) is 4.62. The molecular weight excluding hydrogens is 448 g/mol. The van der Waals surface area contributed by atoms with Gasteiger partial charge in [-0.15, -0.1) is 0 Å². The average Bonchev–Trinajstić information content (AvgIpc) is 2.84. The van der Waals surface area contributed by atoms with Crippen LogP contribution in [0.1, 0.15) is 15.9 Å². The van der Waals surface area contributed by atoms with Crippen LogP contribution in [0, 0.1) is 20.2 Å². The number of nitro groups is 2. The maximum atomic E-state index is 12.3. The van der Waals surface area contributed by atoms with E-state index in [2.05, 4.69) is 10.5 Å². The number of carbonyl (C=O) groups excluding carboxylic acids is 1. The van der Waals surface area contributed by atoms with Gasteiger partial charge in [0.05, 0.1) is 22.1 Å². The Morgan fingerprint density at radius 2 is 1.76 bits per heavy atom. The maximum absolute atomic E-state index is 12.3. The minimum atomic E-state index is -0.763. The fourth-order valence-corrected chi connectivity index (χ4v) is 3.05. The number of hydrazone groups is 1. The molecule has 0 bridgehead atoms. The predicted octanol–water partition coefficient (Wildman–Crippen LogP) is 3.83. The summed E-state index contributed by atoms with van der Waals surface area (Å²) in [5.41, 5.74) is 2.31. The molecule has 4 rings (SSSR count). The van der Waals surface area contributed by atoms with E-state index in [-0.39, 0.29) is 11.5 Å². The lowest BCUT2D eigenvalue weighted by molar-refractivity contribution is -0.394. The summed E-state index contributed by atoms with van der Waals surface area (Å²) in [4.78, 5) is 33.0. The third kappa shape index (κ3) is 5.07. The topological polar surface area (TPSA) is 155 Å². The van der Waals surface area contributed by atoms with Gasteiger partial charge in [-0.25, -0.2) is 5.43 Å². The van der Waals surface area contributed by atoms with Crippen molar-refractivity contribution in [3.05, 3.63) is 92.0 Å². The summed E-state index contributed by atoms with van der Waals surface area (Å²) in [5, 5.41) is 26.1. The van der Waals surface area contributed by atoms with E-state index in [9.17, 15) is 25.0 Å². The highest BCUT2D eigenvalue weighted by Crippen LogP contribution is 2.34. The standard InChI is InChI=1S/C22H16N4O8/c27-22(15-4-6-20-21(11-15)33-9-8-32-20)24-23-13-14-2-1-3-17(10-14)34-19-7-5-16(25(28)29)12-18(19)26(30)31/h1-7,10-13H,8-9H2,(H,24,27)/b23-13-. The van der Waals surface area contributed by atoms with E-state index in [1.807, 2.05) is 0 Å². The molecule has 0 aromatic heterocycles. The first-order chi connectivity index (χ1) is 16.4. The number of nitro benzene ring substituents is 2. The number of hydrogen-bond donors (Lipinski definition) is 1. The number of fused-ring (bicyclic) bond motifs is 1. The van der Waals surface area contributed by atoms with Crippen LogP contribution < -0.4 is 19.6 Å². The summed E-state index contributed by atoms with van der Waals surface area (Å²) in [5.74, 6) is 0.669. The Kier molecular flexibility index (Phi) is 6.30. The van der Waals surface area contributed by atoms with E-state index in [0.29, 0.717) is 35.8 Å². The molecule has 1 aliphatic heterocycles. The molecule has 1 N–H and O–H groups in total. The third-order valence-corrected chi connectivity index (χ3v) is 4.62. The van der Waals surface area contributed by atoms with Crippen molar-refractivity contribution in [2.75, 3.05) is 13.2 Å². The first kappa shape index (κ1) is 22.2. The summed E-state index contributed by atoms with van der Waals surface area (Å²) < 4.78 is 16.4. The van der Waals surface area contributed by atoms with Gasteiger partial charge in [0.25, 0.3) is 11.6 Å². The first-order valence-corrected chi connectivity index (χ1v) is 9.84. The number of benzene rings is 3. The quantitative estimate of drug-likeness (QED) is 0.314. The van der Waals surface area contributed by atoms with Crippen molar-refractivity contribution in [3.63, 3.8) is 0 Å². The molecule has 0 saturated carbocycles. The molecule has 0 spiro atoms. The van der Waals surface area contributed by atoms with E-state index in [1.165, 1.54) is 12.3 Å². The largest absolute Gasteiger partial charge is 0.486 e. The number of non-ortho nitro benzene ring substituents is 1. The molecule has 0 radical (unpaired) electrons. The molecule has 0 saturated heterocycles. The zero-order valence-electron chi connectivity index (χ0n) is 17.4. The van der Waals surface area contributed by atoms with Crippen LogP contribution in [0.3, 0.4) is 0 Å². The molecule has 0 atom stereocenters. The molecule has 12 heteroatoms. The number of carbonyl (C=O) groups is 1. The molecule has 12 nitrogen and oxygen atoms in total. The van der Waals surface area contributed by atoms with Crippen LogP contribution in [0.5, 0.6) is 23.0 Å². The lowest BCUT2D eigenvalue weighted by Gasteiger charge is -2.18. The van der Waals surface area contributed by atoms with Crippen molar-refractivity contribution < 1.29 is 28.9 Å². The van der Waals surface area contributed by atoms with Gasteiger partial charge >= 0.3 is 5.69 Å². The predicted molar refractivity (Wildman–Crippen MR) is 119 cm³/mol. The molecule has 172 valence electrons. The Morgan fingerprint density at radius 1 is 0.971 bits per heavy atom. The van der Waals surface area contributed by atoms with Crippen LogP contribution in [0.4, 0.5) is 11.4 Å². The summed E-state index contributed by atoms with van der Waals surface area (Å²) in [6, 6.07) is 14.3. The highest BCUT2D eigenvalue weighted by atomic mass is 16.6. The van der Waals surface area contributed by atoms with Gasteiger partial charge < -0.3 is 14.2 Å². The van der Waals surface area contributed by atoms with E-state index in [4.69, 9.17) is 14.2 Å². The first-order valence-electron chi connectivity index (χ1n) is 9.84.